The van der Waals surface area contributed by atoms with E-state index >= 15 is 0 Å². The number of rotatable bonds is 5. The van der Waals surface area contributed by atoms with E-state index < -0.39 is 0 Å². The number of hydrogen-bond donors (Lipinski definition) is 0. The molecule has 0 aliphatic rings. The standard InChI is InChI=1S/C18H14Br2N2O2S/c1-12(23)22(14-6-3-2-4-7-14)18-21-13(11-25-18)10-24-17-15(19)8-5-9-16(17)20/h2-9,11H,10H2,1H3. The Balaban J connectivity index is 1.78. The molecule has 0 aliphatic carbocycles. The molecule has 0 saturated heterocycles. The molecule has 1 aromatic heterocycles. The maximum absolute atomic E-state index is 12.1. The molecule has 128 valence electrons. The van der Waals surface area contributed by atoms with Gasteiger partial charge in [-0.1, -0.05) is 24.3 Å². The van der Waals surface area contributed by atoms with Gasteiger partial charge in [0.25, 0.3) is 0 Å². The van der Waals surface area contributed by atoms with Gasteiger partial charge in [0.05, 0.1) is 20.3 Å². The number of nitrogens with zero attached hydrogens (tertiary/aromatic N) is 2. The summed E-state index contributed by atoms with van der Waals surface area (Å²) in [7, 11) is 0. The summed E-state index contributed by atoms with van der Waals surface area (Å²) in [6.07, 6.45) is 0. The van der Waals surface area contributed by atoms with E-state index in [0.717, 1.165) is 26.1 Å². The summed E-state index contributed by atoms with van der Waals surface area (Å²) < 4.78 is 7.59. The Kier molecular flexibility index (Phi) is 5.88. The smallest absolute Gasteiger partial charge is 0.230 e. The first-order valence-corrected chi connectivity index (χ1v) is 9.90. The summed E-state index contributed by atoms with van der Waals surface area (Å²) >= 11 is 8.36. The third kappa shape index (κ3) is 4.29. The average molecular weight is 482 g/mol. The lowest BCUT2D eigenvalue weighted by Gasteiger charge is -2.17. The first-order chi connectivity index (χ1) is 12.1. The minimum Gasteiger partial charge on any atom is -0.485 e. The fourth-order valence-corrected chi connectivity index (χ4v) is 4.33. The topological polar surface area (TPSA) is 42.4 Å². The van der Waals surface area contributed by atoms with Crippen LogP contribution in [-0.4, -0.2) is 10.9 Å². The Bertz CT molecular complexity index is 864. The van der Waals surface area contributed by atoms with Crippen molar-refractivity contribution >= 4 is 59.9 Å². The van der Waals surface area contributed by atoms with E-state index in [1.807, 2.05) is 53.9 Å². The van der Waals surface area contributed by atoms with Crippen LogP contribution in [0.15, 0.2) is 62.9 Å². The van der Waals surface area contributed by atoms with Crippen molar-refractivity contribution in [2.75, 3.05) is 4.90 Å². The van der Waals surface area contributed by atoms with E-state index in [9.17, 15) is 4.79 Å². The highest BCUT2D eigenvalue weighted by atomic mass is 79.9. The van der Waals surface area contributed by atoms with Crippen LogP contribution in [0.5, 0.6) is 5.75 Å². The summed E-state index contributed by atoms with van der Waals surface area (Å²) in [6, 6.07) is 15.2. The van der Waals surface area contributed by atoms with Crippen LogP contribution >= 0.6 is 43.2 Å². The summed E-state index contributed by atoms with van der Waals surface area (Å²) in [4.78, 5) is 18.2. The van der Waals surface area contributed by atoms with Gasteiger partial charge < -0.3 is 4.74 Å². The number of carbonyl (C=O) groups excluding carboxylic acids is 1. The lowest BCUT2D eigenvalue weighted by molar-refractivity contribution is -0.115. The van der Waals surface area contributed by atoms with Gasteiger partial charge in [0.1, 0.15) is 12.4 Å². The summed E-state index contributed by atoms with van der Waals surface area (Å²) in [6.45, 7) is 1.85. The Hall–Kier alpha value is -1.70. The molecule has 1 heterocycles. The first-order valence-electron chi connectivity index (χ1n) is 7.43. The summed E-state index contributed by atoms with van der Waals surface area (Å²) in [5, 5.41) is 2.53. The largest absolute Gasteiger partial charge is 0.485 e. The summed E-state index contributed by atoms with van der Waals surface area (Å²) in [5.41, 5.74) is 1.57. The van der Waals surface area contributed by atoms with Gasteiger partial charge in [-0.2, -0.15) is 0 Å². The second-order valence-corrected chi connectivity index (χ2v) is 7.70. The molecule has 7 heteroatoms. The van der Waals surface area contributed by atoms with Gasteiger partial charge in [-0.05, 0) is 56.1 Å². The fraction of sp³-hybridized carbons (Fsp3) is 0.111. The maximum Gasteiger partial charge on any atom is 0.230 e. The number of carbonyl (C=O) groups is 1. The minimum atomic E-state index is -0.0819. The van der Waals surface area contributed by atoms with Gasteiger partial charge in [-0.3, -0.25) is 9.69 Å². The highest BCUT2D eigenvalue weighted by Crippen LogP contribution is 2.34. The van der Waals surface area contributed by atoms with E-state index in [0.29, 0.717) is 11.7 Å². The van der Waals surface area contributed by atoms with E-state index in [1.165, 1.54) is 18.3 Å². The molecular weight excluding hydrogens is 468 g/mol. The number of ether oxygens (including phenoxy) is 1. The normalized spacial score (nSPS) is 10.5. The predicted molar refractivity (Wildman–Crippen MR) is 108 cm³/mol. The molecule has 3 aromatic rings. The van der Waals surface area contributed by atoms with Crippen LogP contribution in [0.2, 0.25) is 0 Å². The monoisotopic (exact) mass is 480 g/mol. The van der Waals surface area contributed by atoms with Gasteiger partial charge in [0.2, 0.25) is 5.91 Å². The molecule has 0 fully saturated rings. The van der Waals surface area contributed by atoms with E-state index in [4.69, 9.17) is 4.74 Å². The Morgan fingerprint density at radius 1 is 1.12 bits per heavy atom. The van der Waals surface area contributed by atoms with Gasteiger partial charge in [-0.15, -0.1) is 11.3 Å². The van der Waals surface area contributed by atoms with Gasteiger partial charge in [0.15, 0.2) is 5.13 Å². The zero-order chi connectivity index (χ0) is 17.8. The van der Waals surface area contributed by atoms with E-state index in [2.05, 4.69) is 36.8 Å². The molecule has 2 aromatic carbocycles. The zero-order valence-electron chi connectivity index (χ0n) is 13.3. The van der Waals surface area contributed by atoms with Crippen molar-refractivity contribution in [2.24, 2.45) is 0 Å². The van der Waals surface area contributed by atoms with Crippen molar-refractivity contribution < 1.29 is 9.53 Å². The molecule has 0 bridgehead atoms. The van der Waals surface area contributed by atoms with Crippen LogP contribution < -0.4 is 9.64 Å². The Morgan fingerprint density at radius 2 is 1.80 bits per heavy atom. The number of para-hydroxylation sites is 2. The van der Waals surface area contributed by atoms with Crippen molar-refractivity contribution in [1.29, 1.82) is 0 Å². The molecule has 25 heavy (non-hydrogen) atoms. The second kappa shape index (κ2) is 8.12. The number of anilines is 2. The zero-order valence-corrected chi connectivity index (χ0v) is 17.3. The molecule has 0 radical (unpaired) electrons. The molecule has 0 atom stereocenters. The number of aromatic nitrogens is 1. The predicted octanol–water partition coefficient (Wildman–Crippen LogP) is 5.93. The molecule has 0 N–H and O–H groups in total. The van der Waals surface area contributed by atoms with Crippen molar-refractivity contribution in [3.8, 4) is 5.75 Å². The SMILES string of the molecule is CC(=O)N(c1ccccc1)c1nc(COc2c(Br)cccc2Br)cs1. The fourth-order valence-electron chi connectivity index (χ4n) is 2.24. The van der Waals surface area contributed by atoms with E-state index in [1.54, 1.807) is 4.90 Å². The number of benzene rings is 2. The lowest BCUT2D eigenvalue weighted by atomic mass is 10.3. The maximum atomic E-state index is 12.1. The van der Waals surface area contributed by atoms with Crippen molar-refractivity contribution in [3.63, 3.8) is 0 Å². The molecule has 3 rings (SSSR count). The minimum absolute atomic E-state index is 0.0819. The molecule has 4 nitrogen and oxygen atoms in total. The van der Waals surface area contributed by atoms with Crippen LogP contribution in [0, 0.1) is 0 Å². The third-order valence-electron chi connectivity index (χ3n) is 3.34. The molecule has 1 amide bonds. The van der Waals surface area contributed by atoms with Crippen LogP contribution in [-0.2, 0) is 11.4 Å². The number of halogens is 2. The van der Waals surface area contributed by atoms with Crippen LogP contribution in [0.1, 0.15) is 12.6 Å². The number of hydrogen-bond acceptors (Lipinski definition) is 4. The summed E-state index contributed by atoms with van der Waals surface area (Å²) in [5.74, 6) is 0.644. The molecule has 0 unspecified atom stereocenters. The number of amides is 1. The van der Waals surface area contributed by atoms with E-state index in [-0.39, 0.29) is 5.91 Å². The van der Waals surface area contributed by atoms with Crippen LogP contribution in [0.3, 0.4) is 0 Å². The Morgan fingerprint density at radius 3 is 2.44 bits per heavy atom. The highest BCUT2D eigenvalue weighted by molar-refractivity contribution is 9.11. The van der Waals surface area contributed by atoms with Crippen molar-refractivity contribution in [3.05, 3.63) is 68.6 Å². The quantitative estimate of drug-likeness (QED) is 0.453. The van der Waals surface area contributed by atoms with Crippen molar-refractivity contribution in [1.82, 2.24) is 4.98 Å². The van der Waals surface area contributed by atoms with Gasteiger partial charge >= 0.3 is 0 Å². The molecular formula is C18H14Br2N2O2S. The Labute approximate surface area is 166 Å². The molecule has 0 saturated carbocycles. The average Bonchev–Trinajstić information content (AvgIpc) is 3.03. The molecule has 0 spiro atoms. The van der Waals surface area contributed by atoms with Gasteiger partial charge in [0, 0.05) is 12.3 Å². The highest BCUT2D eigenvalue weighted by Gasteiger charge is 2.18. The number of thiazole rings is 1. The lowest BCUT2D eigenvalue weighted by Crippen LogP contribution is -2.22. The van der Waals surface area contributed by atoms with Crippen molar-refractivity contribution in [2.45, 2.75) is 13.5 Å². The van der Waals surface area contributed by atoms with Gasteiger partial charge in [-0.25, -0.2) is 4.98 Å². The van der Waals surface area contributed by atoms with Crippen LogP contribution in [0.4, 0.5) is 10.8 Å². The third-order valence-corrected chi connectivity index (χ3v) is 5.47. The molecule has 0 aliphatic heterocycles. The second-order valence-electron chi connectivity index (χ2n) is 5.15. The van der Waals surface area contributed by atoms with Crippen LogP contribution in [0.25, 0.3) is 0 Å². The first kappa shape index (κ1) is 18.1.